The summed E-state index contributed by atoms with van der Waals surface area (Å²) in [5, 5.41) is 9.14. The number of fused-ring (bicyclic) bond motifs is 3. The zero-order chi connectivity index (χ0) is 36.3. The molecule has 7 N–H and O–H groups in total. The summed E-state index contributed by atoms with van der Waals surface area (Å²) in [6, 6.07) is 13.7. The van der Waals surface area contributed by atoms with E-state index in [0.717, 1.165) is 28.5 Å². The van der Waals surface area contributed by atoms with Crippen LogP contribution in [0.5, 0.6) is 0 Å². The lowest BCUT2D eigenvalue weighted by atomic mass is 9.90. The number of likely N-dealkylation sites (N-methyl/N-ethyl adjacent to an activating group) is 1. The third kappa shape index (κ3) is 9.71. The molecule has 10 nitrogen and oxygen atoms in total. The summed E-state index contributed by atoms with van der Waals surface area (Å²) in [7, 11) is 0. The lowest BCUT2D eigenvalue weighted by Gasteiger charge is -2.33. The number of hydrogen-bond acceptors (Lipinski definition) is 8. The number of ketones is 1. The number of Topliss-reactive ketones (excluding diaryl/α,β-unsaturated/α-hetero) is 1. The smallest absolute Gasteiger partial charge is 0.243 e. The van der Waals surface area contributed by atoms with Gasteiger partial charge in [-0.1, -0.05) is 65.7 Å². The molecule has 0 aliphatic carbocycles. The molecule has 0 saturated carbocycles. The summed E-state index contributed by atoms with van der Waals surface area (Å²) in [6.45, 7) is 3.50. The molecule has 2 aromatic carbocycles. The largest absolute Gasteiger partial charge is 0.361 e. The van der Waals surface area contributed by atoms with Crippen LogP contribution in [0.4, 0.5) is 0 Å². The van der Waals surface area contributed by atoms with E-state index in [0.29, 0.717) is 70.8 Å². The van der Waals surface area contributed by atoms with Crippen LogP contribution in [-0.2, 0) is 33.9 Å². The van der Waals surface area contributed by atoms with Crippen LogP contribution in [0.2, 0.25) is 10.0 Å². The van der Waals surface area contributed by atoms with Gasteiger partial charge in [0, 0.05) is 77.2 Å². The van der Waals surface area contributed by atoms with Crippen molar-refractivity contribution in [2.45, 2.75) is 87.0 Å². The molecule has 1 aliphatic heterocycles. The number of pyridine rings is 1. The molecule has 0 spiro atoms. The molecule has 5 rings (SSSR count). The maximum absolute atomic E-state index is 14.7. The molecule has 3 atom stereocenters. The lowest BCUT2D eigenvalue weighted by molar-refractivity contribution is -0.145. The third-order valence-electron chi connectivity index (χ3n) is 9.46. The molecule has 3 heterocycles. The molecule has 51 heavy (non-hydrogen) atoms. The standard InChI is InChI=1S/C38H47Cl2N7O3S/c1-2-47-33(19-26-22-44-31-12-4-3-11-27(26)31)36(49)46-23-28-29(39)14-15-30(40)35(28)51-37-25(10-8-18-43-37)21-45-32(13-7-17-42)34(48)20-24(38(47)50)9-5-6-16-41/h3-4,8,10-12,14-15,18,22,24,32-33,44-45H,2,5-7,9,13,16-17,19-21,23,41-42H2,1H3,(H,46,49)/t24-,32+,33+/m1/s1. The second kappa shape index (κ2) is 18.9. The van der Waals surface area contributed by atoms with Gasteiger partial charge in [-0.15, -0.1) is 0 Å². The maximum Gasteiger partial charge on any atom is 0.243 e. The predicted octanol–water partition coefficient (Wildman–Crippen LogP) is 6.01. The van der Waals surface area contributed by atoms with E-state index >= 15 is 0 Å². The molecule has 0 saturated heterocycles. The number of nitrogens with one attached hydrogen (secondary N) is 3. The first-order valence-corrected chi connectivity index (χ1v) is 19.2. The van der Waals surface area contributed by atoms with Crippen molar-refractivity contribution in [1.82, 2.24) is 25.5 Å². The number of benzene rings is 2. The van der Waals surface area contributed by atoms with Crippen LogP contribution in [0.3, 0.4) is 0 Å². The number of rotatable bonds is 10. The van der Waals surface area contributed by atoms with Crippen LogP contribution in [0.15, 0.2) is 70.8 Å². The van der Waals surface area contributed by atoms with E-state index in [1.807, 2.05) is 49.5 Å². The average molecular weight is 753 g/mol. The van der Waals surface area contributed by atoms with Crippen LogP contribution in [-0.4, -0.2) is 64.2 Å². The molecule has 1 aliphatic rings. The van der Waals surface area contributed by atoms with Gasteiger partial charge in [0.1, 0.15) is 11.1 Å². The zero-order valence-electron chi connectivity index (χ0n) is 28.9. The number of halogens is 2. The number of aromatic nitrogens is 2. The van der Waals surface area contributed by atoms with Gasteiger partial charge in [-0.25, -0.2) is 4.98 Å². The number of amides is 2. The molecule has 0 bridgehead atoms. The van der Waals surface area contributed by atoms with Crippen LogP contribution < -0.4 is 22.1 Å². The first-order chi connectivity index (χ1) is 24.7. The van der Waals surface area contributed by atoms with Crippen LogP contribution in [0.1, 0.15) is 62.1 Å². The van der Waals surface area contributed by atoms with Crippen molar-refractivity contribution < 1.29 is 14.4 Å². The molecular weight excluding hydrogens is 705 g/mol. The fraction of sp³-hybridized carbons (Fsp3) is 0.421. The van der Waals surface area contributed by atoms with Gasteiger partial charge in [-0.2, -0.15) is 0 Å². The fourth-order valence-electron chi connectivity index (χ4n) is 6.67. The third-order valence-corrected chi connectivity index (χ3v) is 11.5. The van der Waals surface area contributed by atoms with Crippen molar-refractivity contribution in [3.05, 3.63) is 87.7 Å². The Balaban J connectivity index is 1.60. The number of nitrogens with two attached hydrogens (primary N) is 2. The number of carbonyl (C=O) groups excluding carboxylic acids is 3. The second-order valence-corrected chi connectivity index (χ2v) is 14.7. The monoisotopic (exact) mass is 751 g/mol. The number of nitrogens with zero attached hydrogens (tertiary/aromatic N) is 2. The summed E-state index contributed by atoms with van der Waals surface area (Å²) < 4.78 is 0. The van der Waals surface area contributed by atoms with Gasteiger partial charge in [0.15, 0.2) is 5.78 Å². The van der Waals surface area contributed by atoms with Crippen molar-refractivity contribution in [2.24, 2.45) is 17.4 Å². The van der Waals surface area contributed by atoms with Crippen molar-refractivity contribution >= 4 is 63.5 Å². The molecule has 0 unspecified atom stereocenters. The highest BCUT2D eigenvalue weighted by molar-refractivity contribution is 7.99. The Hall–Kier alpha value is -3.45. The quantitative estimate of drug-likeness (QED) is 0.123. The van der Waals surface area contributed by atoms with Gasteiger partial charge in [0.2, 0.25) is 11.8 Å². The van der Waals surface area contributed by atoms with E-state index in [4.69, 9.17) is 34.7 Å². The highest BCUT2D eigenvalue weighted by atomic mass is 35.5. The Morgan fingerprint density at radius 2 is 1.73 bits per heavy atom. The van der Waals surface area contributed by atoms with Crippen molar-refractivity contribution in [3.8, 4) is 0 Å². The van der Waals surface area contributed by atoms with Gasteiger partial charge in [0.25, 0.3) is 0 Å². The Morgan fingerprint density at radius 3 is 2.51 bits per heavy atom. The Kier molecular flexibility index (Phi) is 14.3. The molecule has 13 heteroatoms. The van der Waals surface area contributed by atoms with E-state index in [9.17, 15) is 14.4 Å². The first-order valence-electron chi connectivity index (χ1n) is 17.6. The Bertz CT molecular complexity index is 1820. The first kappa shape index (κ1) is 38.8. The molecular formula is C38H47Cl2N7O3S. The summed E-state index contributed by atoms with van der Waals surface area (Å²) in [5.41, 5.74) is 15.1. The Morgan fingerprint density at radius 1 is 0.941 bits per heavy atom. The zero-order valence-corrected chi connectivity index (χ0v) is 31.3. The number of hydrogen-bond donors (Lipinski definition) is 5. The van der Waals surface area contributed by atoms with E-state index in [2.05, 4.69) is 20.6 Å². The van der Waals surface area contributed by atoms with Crippen LogP contribution in [0.25, 0.3) is 10.9 Å². The van der Waals surface area contributed by atoms with Gasteiger partial charge in [-0.3, -0.25) is 14.4 Å². The maximum atomic E-state index is 14.7. The van der Waals surface area contributed by atoms with Crippen molar-refractivity contribution in [2.75, 3.05) is 19.6 Å². The molecule has 0 fully saturated rings. The number of H-pyrrole nitrogens is 1. The minimum atomic E-state index is -0.868. The lowest BCUT2D eigenvalue weighted by Crippen LogP contribution is -2.52. The summed E-state index contributed by atoms with van der Waals surface area (Å²) in [5.74, 6) is -1.25. The van der Waals surface area contributed by atoms with E-state index in [1.165, 1.54) is 11.8 Å². The second-order valence-electron chi connectivity index (χ2n) is 12.8. The number of carbonyl (C=O) groups is 3. The van der Waals surface area contributed by atoms with Gasteiger partial charge in [0.05, 0.1) is 11.1 Å². The SMILES string of the molecule is CCN1C(=O)[C@H](CCCCN)CC(=O)[C@H](CCCN)NCc2cccnc2Sc2c(Cl)ccc(Cl)c2CNC(=O)[C@@H]1Cc1c[nH]c2ccccc12. The topological polar surface area (TPSA) is 159 Å². The number of unbranched alkanes of at least 4 members (excludes halogenated alkanes) is 1. The minimum Gasteiger partial charge on any atom is -0.361 e. The summed E-state index contributed by atoms with van der Waals surface area (Å²) in [6.07, 6.45) is 6.95. The highest BCUT2D eigenvalue weighted by Crippen LogP contribution is 2.40. The fourth-order valence-corrected chi connectivity index (χ4v) is 8.30. The molecule has 0 radical (unpaired) electrons. The van der Waals surface area contributed by atoms with Crippen molar-refractivity contribution in [1.29, 1.82) is 0 Å². The van der Waals surface area contributed by atoms with E-state index in [1.54, 1.807) is 23.2 Å². The minimum absolute atomic E-state index is 0.0366. The van der Waals surface area contributed by atoms with Crippen LogP contribution >= 0.6 is 35.0 Å². The normalized spacial score (nSPS) is 19.4. The molecule has 4 aromatic rings. The summed E-state index contributed by atoms with van der Waals surface area (Å²) in [4.78, 5) is 53.5. The Labute approximate surface area is 313 Å². The van der Waals surface area contributed by atoms with E-state index in [-0.39, 0.29) is 43.5 Å². The van der Waals surface area contributed by atoms with Gasteiger partial charge >= 0.3 is 0 Å². The summed E-state index contributed by atoms with van der Waals surface area (Å²) >= 11 is 14.9. The molecule has 272 valence electrons. The highest BCUT2D eigenvalue weighted by Gasteiger charge is 2.35. The number of para-hydroxylation sites is 1. The van der Waals surface area contributed by atoms with Crippen LogP contribution in [0, 0.1) is 5.92 Å². The average Bonchev–Trinajstić information content (AvgIpc) is 3.55. The van der Waals surface area contributed by atoms with Crippen molar-refractivity contribution in [3.63, 3.8) is 0 Å². The van der Waals surface area contributed by atoms with Gasteiger partial charge < -0.3 is 32.0 Å². The molecule has 2 aromatic heterocycles. The predicted molar refractivity (Wildman–Crippen MR) is 205 cm³/mol. The van der Waals surface area contributed by atoms with Gasteiger partial charge in [-0.05, 0) is 81.1 Å². The number of aromatic amines is 1. The van der Waals surface area contributed by atoms with E-state index < -0.39 is 18.0 Å². The molecule has 2 amide bonds.